The lowest BCUT2D eigenvalue weighted by Crippen LogP contribution is -2.46. The van der Waals surface area contributed by atoms with Crippen molar-refractivity contribution in [1.82, 2.24) is 5.32 Å². The average molecular weight is 460 g/mol. The molecule has 0 unspecified atom stereocenters. The molecule has 1 aliphatic carbocycles. The van der Waals surface area contributed by atoms with Gasteiger partial charge in [0.15, 0.2) is 11.9 Å². The van der Waals surface area contributed by atoms with Gasteiger partial charge in [-0.2, -0.15) is 0 Å². The highest BCUT2D eigenvalue weighted by Crippen LogP contribution is 2.17. The largest absolute Gasteiger partial charge is 0.453 e. The van der Waals surface area contributed by atoms with Crippen LogP contribution >= 0.6 is 0 Å². The van der Waals surface area contributed by atoms with Crippen molar-refractivity contribution < 1.29 is 29.3 Å². The lowest BCUT2D eigenvalue weighted by molar-refractivity contribution is -0.153. The molecular weight excluding hydrogens is 422 g/mol. The second-order valence-corrected chi connectivity index (χ2v) is 8.51. The van der Waals surface area contributed by atoms with Crippen LogP contribution in [0.4, 0.5) is 0 Å². The fourth-order valence-corrected chi connectivity index (χ4v) is 3.21. The first-order valence-electron chi connectivity index (χ1n) is 11.2. The van der Waals surface area contributed by atoms with Crippen molar-refractivity contribution in [3.63, 3.8) is 0 Å². The van der Waals surface area contributed by atoms with Crippen molar-refractivity contribution in [3.8, 4) is 0 Å². The molecule has 0 fully saturated rings. The molecule has 0 aromatic heterocycles. The van der Waals surface area contributed by atoms with Crippen LogP contribution in [0.15, 0.2) is 59.3 Å². The maximum Gasteiger partial charge on any atom is 0.303 e. The number of aliphatic hydroxyl groups is 2. The Morgan fingerprint density at radius 2 is 1.58 bits per heavy atom. The molecule has 0 aromatic carbocycles. The van der Waals surface area contributed by atoms with Gasteiger partial charge in [-0.3, -0.25) is 14.4 Å². The topological polar surface area (TPSA) is 113 Å². The molecule has 0 saturated carbocycles. The molecule has 0 saturated heterocycles. The van der Waals surface area contributed by atoms with E-state index in [1.54, 1.807) is 50.3 Å². The normalized spacial score (nSPS) is 33.1. The van der Waals surface area contributed by atoms with Crippen molar-refractivity contribution in [3.05, 3.63) is 59.3 Å². The Morgan fingerprint density at radius 1 is 1.03 bits per heavy atom. The molecule has 0 aliphatic heterocycles. The van der Waals surface area contributed by atoms with Gasteiger partial charge in [-0.25, -0.2) is 0 Å². The lowest BCUT2D eigenvalue weighted by atomic mass is 9.90. The van der Waals surface area contributed by atoms with E-state index < -0.39 is 42.1 Å². The Hall–Kier alpha value is -2.77. The van der Waals surface area contributed by atoms with Crippen LogP contribution < -0.4 is 5.32 Å². The van der Waals surface area contributed by atoms with Crippen molar-refractivity contribution in [2.75, 3.05) is 0 Å². The number of hydrogen-bond donors (Lipinski definition) is 3. The predicted molar refractivity (Wildman–Crippen MR) is 128 cm³/mol. The standard InChI is InChI=1S/C26H37NO6/c1-16-7-11-22(29)13-9-17(2)15-24(27-26(32)20(5)33-21(6)28)19(4)25(31)18(3)10-14-23(30)12-8-16/h7-10,12-13,15,19-20,22-24,29-30H,11,14H2,1-6H3,(H,27,32)/b12-8+,13-9+,16-7+,17-15+,18-10+/t19-,20-,22+,23-,24-/m0/s1. The quantitative estimate of drug-likeness (QED) is 0.559. The number of carbonyl (C=O) groups excluding carboxylic acids is 3. The molecule has 0 spiro atoms. The number of ketones is 1. The Kier molecular flexibility index (Phi) is 11.7. The van der Waals surface area contributed by atoms with Crippen molar-refractivity contribution in [2.24, 2.45) is 5.92 Å². The number of amides is 1. The predicted octanol–water partition coefficient (Wildman–Crippen LogP) is 3.09. The molecule has 0 heterocycles. The summed E-state index contributed by atoms with van der Waals surface area (Å²) in [7, 11) is 0. The Bertz CT molecular complexity index is 864. The minimum Gasteiger partial charge on any atom is -0.453 e. The van der Waals surface area contributed by atoms with Crippen LogP contribution in [0.25, 0.3) is 0 Å². The monoisotopic (exact) mass is 459 g/mol. The van der Waals surface area contributed by atoms with E-state index in [1.807, 2.05) is 19.9 Å². The van der Waals surface area contributed by atoms with Gasteiger partial charge in [0.2, 0.25) is 0 Å². The van der Waals surface area contributed by atoms with E-state index in [-0.39, 0.29) is 12.2 Å². The van der Waals surface area contributed by atoms with Gasteiger partial charge < -0.3 is 20.3 Å². The van der Waals surface area contributed by atoms with Crippen molar-refractivity contribution in [1.29, 1.82) is 0 Å². The van der Waals surface area contributed by atoms with Crippen molar-refractivity contribution in [2.45, 2.75) is 78.7 Å². The number of ether oxygens (including phenoxy) is 1. The van der Waals surface area contributed by atoms with Gasteiger partial charge in [-0.1, -0.05) is 60.6 Å². The average Bonchev–Trinajstić information content (AvgIpc) is 2.75. The molecule has 1 rings (SSSR count). The minimum absolute atomic E-state index is 0.176. The van der Waals surface area contributed by atoms with E-state index in [4.69, 9.17) is 4.74 Å². The molecule has 7 nitrogen and oxygen atoms in total. The van der Waals surface area contributed by atoms with Gasteiger partial charge in [-0.15, -0.1) is 0 Å². The Morgan fingerprint density at radius 3 is 2.15 bits per heavy atom. The summed E-state index contributed by atoms with van der Waals surface area (Å²) in [5.41, 5.74) is 2.14. The third kappa shape index (κ3) is 10.6. The number of esters is 1. The van der Waals surface area contributed by atoms with E-state index in [0.717, 1.165) is 11.1 Å². The highest BCUT2D eigenvalue weighted by atomic mass is 16.5. The van der Waals surface area contributed by atoms with Crippen LogP contribution in [0.2, 0.25) is 0 Å². The molecule has 0 bridgehead atoms. The fraction of sp³-hybridized carbons (Fsp3) is 0.500. The number of aliphatic hydroxyl groups excluding tert-OH is 2. The molecule has 33 heavy (non-hydrogen) atoms. The third-order valence-electron chi connectivity index (χ3n) is 5.31. The number of Topliss-reactive ketones (excluding diaryl/α,β-unsaturated/α-hetero) is 1. The van der Waals surface area contributed by atoms with Gasteiger partial charge in [0.05, 0.1) is 18.2 Å². The molecule has 1 amide bonds. The maximum absolute atomic E-state index is 13.0. The van der Waals surface area contributed by atoms with Crippen LogP contribution in [-0.2, 0) is 19.1 Å². The third-order valence-corrected chi connectivity index (χ3v) is 5.31. The maximum atomic E-state index is 13.0. The zero-order valence-corrected chi connectivity index (χ0v) is 20.4. The van der Waals surface area contributed by atoms with Crippen LogP contribution in [0.3, 0.4) is 0 Å². The molecule has 1 aliphatic rings. The summed E-state index contributed by atoms with van der Waals surface area (Å²) in [5.74, 6) is -1.88. The van der Waals surface area contributed by atoms with E-state index in [0.29, 0.717) is 12.0 Å². The number of carbonyl (C=O) groups is 3. The van der Waals surface area contributed by atoms with Crippen LogP contribution in [0.1, 0.15) is 54.4 Å². The lowest BCUT2D eigenvalue weighted by Gasteiger charge is -2.24. The molecular formula is C26H37NO6. The Balaban J connectivity index is 3.30. The highest BCUT2D eigenvalue weighted by molar-refractivity contribution is 5.97. The van der Waals surface area contributed by atoms with Crippen molar-refractivity contribution >= 4 is 17.7 Å². The summed E-state index contributed by atoms with van der Waals surface area (Å²) in [6.45, 7) is 9.77. The molecule has 3 N–H and O–H groups in total. The second kappa shape index (κ2) is 13.7. The fourth-order valence-electron chi connectivity index (χ4n) is 3.21. The summed E-state index contributed by atoms with van der Waals surface area (Å²) in [6, 6.07) is -0.671. The van der Waals surface area contributed by atoms with Crippen LogP contribution in [0, 0.1) is 5.92 Å². The van der Waals surface area contributed by atoms with Gasteiger partial charge in [0.1, 0.15) is 0 Å². The molecule has 7 heteroatoms. The van der Waals surface area contributed by atoms with E-state index >= 15 is 0 Å². The van der Waals surface area contributed by atoms with Crippen LogP contribution in [0.5, 0.6) is 0 Å². The first kappa shape index (κ1) is 28.3. The first-order valence-corrected chi connectivity index (χ1v) is 11.2. The first-order chi connectivity index (χ1) is 15.4. The number of nitrogens with one attached hydrogen (secondary N) is 1. The second-order valence-electron chi connectivity index (χ2n) is 8.51. The molecule has 0 radical (unpaired) electrons. The van der Waals surface area contributed by atoms with Crippen LogP contribution in [-0.4, -0.2) is 52.2 Å². The zero-order valence-electron chi connectivity index (χ0n) is 20.4. The Labute approximate surface area is 196 Å². The molecule has 0 aromatic rings. The summed E-state index contributed by atoms with van der Waals surface area (Å²) >= 11 is 0. The van der Waals surface area contributed by atoms with E-state index in [1.165, 1.54) is 13.8 Å². The van der Waals surface area contributed by atoms with Gasteiger partial charge >= 0.3 is 5.97 Å². The SMILES string of the molecule is CC(=O)O[C@@H](C)C(=O)N[C@H]1/C=C(C)/C=C/[C@H](O)C/C=C(C)/C=C/[C@H](O)C/C=C(\C)C(=O)[C@H]1C. The van der Waals surface area contributed by atoms with Gasteiger partial charge in [0.25, 0.3) is 5.91 Å². The summed E-state index contributed by atoms with van der Waals surface area (Å²) in [5, 5.41) is 23.2. The van der Waals surface area contributed by atoms with E-state index in [9.17, 15) is 24.6 Å². The highest BCUT2D eigenvalue weighted by Gasteiger charge is 2.27. The van der Waals surface area contributed by atoms with Gasteiger partial charge in [-0.05, 0) is 46.1 Å². The molecule has 5 atom stereocenters. The number of rotatable bonds is 3. The minimum atomic E-state index is -1.01. The van der Waals surface area contributed by atoms with E-state index in [2.05, 4.69) is 5.32 Å². The van der Waals surface area contributed by atoms with Gasteiger partial charge in [0, 0.05) is 12.8 Å². The summed E-state index contributed by atoms with van der Waals surface area (Å²) in [4.78, 5) is 36.8. The summed E-state index contributed by atoms with van der Waals surface area (Å²) in [6.07, 6.45) is 10.3. The number of hydrogen-bond acceptors (Lipinski definition) is 6. The summed E-state index contributed by atoms with van der Waals surface area (Å²) < 4.78 is 4.95. The zero-order chi connectivity index (χ0) is 25.1. The molecule has 182 valence electrons. The number of allylic oxidation sites excluding steroid dienone is 5. The smallest absolute Gasteiger partial charge is 0.303 e.